The largest absolute Gasteiger partial charge is 0.497 e. The standard InChI is InChI=1S/C23H22N2O4S/c1-3-28-19-7-4-8-20-22(19)24-23(30-20)25(15-18-6-5-13-29-18)21(26)14-16-9-11-17(27-2)12-10-16/h4-13H,3,14-15H2,1-2H3. The Morgan fingerprint density at radius 1 is 1.13 bits per heavy atom. The molecule has 0 radical (unpaired) electrons. The number of nitrogens with zero attached hydrogens (tertiary/aromatic N) is 2. The SMILES string of the molecule is CCOc1cccc2sc(N(Cc3ccco3)C(=O)Cc3ccc(OC)cc3)nc12. The van der Waals surface area contributed by atoms with Gasteiger partial charge >= 0.3 is 0 Å². The first-order chi connectivity index (χ1) is 14.7. The van der Waals surface area contributed by atoms with Crippen molar-refractivity contribution in [2.75, 3.05) is 18.6 Å². The Labute approximate surface area is 178 Å². The third kappa shape index (κ3) is 4.31. The summed E-state index contributed by atoms with van der Waals surface area (Å²) in [5.74, 6) is 2.11. The molecule has 2 aromatic carbocycles. The Bertz CT molecular complexity index is 1120. The van der Waals surface area contributed by atoms with E-state index in [0.29, 0.717) is 24.0 Å². The molecule has 4 aromatic rings. The Kier molecular flexibility index (Phi) is 5.99. The predicted molar refractivity (Wildman–Crippen MR) is 117 cm³/mol. The fourth-order valence-electron chi connectivity index (χ4n) is 3.13. The molecular weight excluding hydrogens is 400 g/mol. The van der Waals surface area contributed by atoms with Crippen LogP contribution in [0.25, 0.3) is 10.2 Å². The summed E-state index contributed by atoms with van der Waals surface area (Å²) in [7, 11) is 1.62. The van der Waals surface area contributed by atoms with Crippen LogP contribution in [0, 0.1) is 0 Å². The van der Waals surface area contributed by atoms with Crippen LogP contribution >= 0.6 is 11.3 Å². The van der Waals surface area contributed by atoms with E-state index >= 15 is 0 Å². The first kappa shape index (κ1) is 20.0. The molecule has 0 saturated carbocycles. The molecule has 0 N–H and O–H groups in total. The molecule has 2 heterocycles. The van der Waals surface area contributed by atoms with Gasteiger partial charge in [-0.3, -0.25) is 9.69 Å². The van der Waals surface area contributed by atoms with Crippen molar-refractivity contribution < 1.29 is 18.7 Å². The normalized spacial score (nSPS) is 10.9. The molecule has 0 aliphatic rings. The number of ether oxygens (including phenoxy) is 2. The molecule has 0 saturated heterocycles. The molecule has 0 unspecified atom stereocenters. The van der Waals surface area contributed by atoms with Crippen molar-refractivity contribution in [3.05, 3.63) is 72.2 Å². The Morgan fingerprint density at radius 3 is 2.67 bits per heavy atom. The first-order valence-corrected chi connectivity index (χ1v) is 10.5. The van der Waals surface area contributed by atoms with E-state index in [1.165, 1.54) is 11.3 Å². The van der Waals surface area contributed by atoms with E-state index in [4.69, 9.17) is 18.9 Å². The number of benzene rings is 2. The maximum atomic E-state index is 13.3. The van der Waals surface area contributed by atoms with Crippen LogP contribution < -0.4 is 14.4 Å². The molecule has 7 heteroatoms. The van der Waals surface area contributed by atoms with Crippen LogP contribution in [0.4, 0.5) is 5.13 Å². The number of hydrogen-bond donors (Lipinski definition) is 0. The second-order valence-corrected chi connectivity index (χ2v) is 7.63. The summed E-state index contributed by atoms with van der Waals surface area (Å²) in [4.78, 5) is 19.7. The highest BCUT2D eigenvalue weighted by molar-refractivity contribution is 7.22. The van der Waals surface area contributed by atoms with Crippen LogP contribution in [0.3, 0.4) is 0 Å². The summed E-state index contributed by atoms with van der Waals surface area (Å²) in [6.07, 6.45) is 1.85. The molecule has 0 aliphatic heterocycles. The van der Waals surface area contributed by atoms with E-state index in [9.17, 15) is 4.79 Å². The second kappa shape index (κ2) is 9.00. The smallest absolute Gasteiger partial charge is 0.233 e. The van der Waals surface area contributed by atoms with Gasteiger partial charge in [-0.25, -0.2) is 4.98 Å². The first-order valence-electron chi connectivity index (χ1n) is 9.66. The van der Waals surface area contributed by atoms with Gasteiger partial charge in [-0.15, -0.1) is 0 Å². The molecule has 0 atom stereocenters. The number of carbonyl (C=O) groups is 1. The van der Waals surface area contributed by atoms with Gasteiger partial charge in [0.1, 0.15) is 22.8 Å². The van der Waals surface area contributed by atoms with E-state index in [0.717, 1.165) is 27.3 Å². The topological polar surface area (TPSA) is 64.8 Å². The zero-order valence-electron chi connectivity index (χ0n) is 16.8. The van der Waals surface area contributed by atoms with Gasteiger partial charge in [-0.05, 0) is 48.9 Å². The summed E-state index contributed by atoms with van der Waals surface area (Å²) in [6.45, 7) is 2.80. The maximum absolute atomic E-state index is 13.3. The summed E-state index contributed by atoms with van der Waals surface area (Å²) in [6, 6.07) is 17.0. The molecule has 6 nitrogen and oxygen atoms in total. The van der Waals surface area contributed by atoms with E-state index in [1.807, 2.05) is 61.5 Å². The van der Waals surface area contributed by atoms with Gasteiger partial charge in [-0.1, -0.05) is 29.5 Å². The number of aromatic nitrogens is 1. The van der Waals surface area contributed by atoms with Crippen LogP contribution in [0.2, 0.25) is 0 Å². The molecular formula is C23H22N2O4S. The fourth-order valence-corrected chi connectivity index (χ4v) is 4.13. The lowest BCUT2D eigenvalue weighted by Crippen LogP contribution is -2.31. The Hall–Kier alpha value is -3.32. The van der Waals surface area contributed by atoms with Crippen LogP contribution in [0.15, 0.2) is 65.3 Å². The van der Waals surface area contributed by atoms with Crippen molar-refractivity contribution in [1.29, 1.82) is 0 Å². The summed E-state index contributed by atoms with van der Waals surface area (Å²) >= 11 is 1.46. The number of fused-ring (bicyclic) bond motifs is 1. The highest BCUT2D eigenvalue weighted by Gasteiger charge is 2.22. The summed E-state index contributed by atoms with van der Waals surface area (Å²) in [5.41, 5.74) is 1.67. The van der Waals surface area contributed by atoms with Crippen molar-refractivity contribution in [3.63, 3.8) is 0 Å². The molecule has 1 amide bonds. The zero-order valence-corrected chi connectivity index (χ0v) is 17.6. The zero-order chi connectivity index (χ0) is 20.9. The molecule has 0 spiro atoms. The third-order valence-electron chi connectivity index (χ3n) is 4.61. The van der Waals surface area contributed by atoms with Crippen molar-refractivity contribution in [1.82, 2.24) is 4.98 Å². The fraction of sp³-hybridized carbons (Fsp3) is 0.217. The maximum Gasteiger partial charge on any atom is 0.233 e. The van der Waals surface area contributed by atoms with Crippen molar-refractivity contribution >= 4 is 32.6 Å². The lowest BCUT2D eigenvalue weighted by Gasteiger charge is -2.19. The van der Waals surface area contributed by atoms with Crippen LogP contribution in [0.1, 0.15) is 18.2 Å². The van der Waals surface area contributed by atoms with Gasteiger partial charge in [-0.2, -0.15) is 0 Å². The van der Waals surface area contributed by atoms with Crippen molar-refractivity contribution in [2.24, 2.45) is 0 Å². The van der Waals surface area contributed by atoms with Gasteiger partial charge in [0.05, 0.1) is 37.6 Å². The average molecular weight is 423 g/mol. The second-order valence-electron chi connectivity index (χ2n) is 6.62. The number of hydrogen-bond acceptors (Lipinski definition) is 6. The van der Waals surface area contributed by atoms with E-state index in [2.05, 4.69) is 0 Å². The van der Waals surface area contributed by atoms with E-state index in [-0.39, 0.29) is 12.3 Å². The van der Waals surface area contributed by atoms with E-state index < -0.39 is 0 Å². The molecule has 2 aromatic heterocycles. The van der Waals surface area contributed by atoms with Crippen molar-refractivity contribution in [3.8, 4) is 11.5 Å². The van der Waals surface area contributed by atoms with Gasteiger partial charge in [0.25, 0.3) is 0 Å². The number of thiazole rings is 1. The van der Waals surface area contributed by atoms with Gasteiger partial charge in [0.2, 0.25) is 5.91 Å². The number of para-hydroxylation sites is 1. The summed E-state index contributed by atoms with van der Waals surface area (Å²) < 4.78 is 17.4. The highest BCUT2D eigenvalue weighted by atomic mass is 32.1. The van der Waals surface area contributed by atoms with Gasteiger partial charge < -0.3 is 13.9 Å². The van der Waals surface area contributed by atoms with Crippen LogP contribution in [-0.2, 0) is 17.8 Å². The number of rotatable bonds is 8. The number of furan rings is 1. The number of methoxy groups -OCH3 is 1. The molecule has 4 rings (SSSR count). The lowest BCUT2D eigenvalue weighted by molar-refractivity contribution is -0.118. The monoisotopic (exact) mass is 422 g/mol. The molecule has 0 fully saturated rings. The predicted octanol–water partition coefficient (Wildman–Crippen LogP) is 5.07. The minimum Gasteiger partial charge on any atom is -0.497 e. The quantitative estimate of drug-likeness (QED) is 0.397. The van der Waals surface area contributed by atoms with Gasteiger partial charge in [0.15, 0.2) is 5.13 Å². The third-order valence-corrected chi connectivity index (χ3v) is 5.65. The minimum absolute atomic E-state index is 0.0615. The lowest BCUT2D eigenvalue weighted by atomic mass is 10.1. The van der Waals surface area contributed by atoms with Crippen LogP contribution in [0.5, 0.6) is 11.5 Å². The molecule has 0 bridgehead atoms. The average Bonchev–Trinajstić information content (AvgIpc) is 3.43. The van der Waals surface area contributed by atoms with Gasteiger partial charge in [0, 0.05) is 0 Å². The Balaban J connectivity index is 1.66. The van der Waals surface area contributed by atoms with Crippen LogP contribution in [-0.4, -0.2) is 24.6 Å². The summed E-state index contributed by atoms with van der Waals surface area (Å²) in [5, 5.41) is 0.618. The number of anilines is 1. The molecule has 30 heavy (non-hydrogen) atoms. The number of amides is 1. The van der Waals surface area contributed by atoms with Crippen molar-refractivity contribution in [2.45, 2.75) is 19.9 Å². The highest BCUT2D eigenvalue weighted by Crippen LogP contribution is 2.35. The molecule has 154 valence electrons. The molecule has 0 aliphatic carbocycles. The van der Waals surface area contributed by atoms with E-state index in [1.54, 1.807) is 18.3 Å². The minimum atomic E-state index is -0.0615. The Morgan fingerprint density at radius 2 is 1.97 bits per heavy atom. The number of carbonyl (C=O) groups excluding carboxylic acids is 1.